The van der Waals surface area contributed by atoms with Crippen LogP contribution in [0.5, 0.6) is 0 Å². The molecule has 2 aromatic rings. The molecular formula is C11H14N2O3S. The average Bonchev–Trinajstić information content (AvgIpc) is 2.93. The third-order valence-corrected chi connectivity index (χ3v) is 3.12. The van der Waals surface area contributed by atoms with E-state index in [0.29, 0.717) is 11.1 Å². The molecule has 0 spiro atoms. The van der Waals surface area contributed by atoms with E-state index in [1.165, 1.54) is 11.8 Å². The Labute approximate surface area is 104 Å². The molecule has 17 heavy (non-hydrogen) atoms. The summed E-state index contributed by atoms with van der Waals surface area (Å²) in [5.41, 5.74) is 0.848. The second-order valence-electron chi connectivity index (χ2n) is 3.46. The van der Waals surface area contributed by atoms with Gasteiger partial charge in [-0.15, -0.1) is 10.2 Å². The Kier molecular flexibility index (Phi) is 4.22. The topological polar surface area (TPSA) is 61.3 Å². The van der Waals surface area contributed by atoms with Gasteiger partial charge in [-0.1, -0.05) is 11.8 Å². The zero-order valence-corrected chi connectivity index (χ0v) is 10.6. The number of furan rings is 1. The zero-order valence-electron chi connectivity index (χ0n) is 9.80. The Hall–Kier alpha value is -1.27. The van der Waals surface area contributed by atoms with E-state index in [1.807, 2.05) is 13.0 Å². The molecule has 0 unspecified atom stereocenters. The van der Waals surface area contributed by atoms with E-state index < -0.39 is 0 Å². The van der Waals surface area contributed by atoms with E-state index in [9.17, 15) is 0 Å². The highest BCUT2D eigenvalue weighted by atomic mass is 32.2. The highest BCUT2D eigenvalue weighted by molar-refractivity contribution is 7.99. The van der Waals surface area contributed by atoms with E-state index in [1.54, 1.807) is 13.4 Å². The van der Waals surface area contributed by atoms with Crippen molar-refractivity contribution in [2.24, 2.45) is 0 Å². The van der Waals surface area contributed by atoms with Crippen molar-refractivity contribution in [2.45, 2.75) is 18.6 Å². The third kappa shape index (κ3) is 3.10. The normalized spacial score (nSPS) is 10.9. The van der Waals surface area contributed by atoms with Gasteiger partial charge < -0.3 is 13.6 Å². The van der Waals surface area contributed by atoms with Gasteiger partial charge in [-0.3, -0.25) is 0 Å². The Morgan fingerprint density at radius 1 is 1.41 bits per heavy atom. The summed E-state index contributed by atoms with van der Waals surface area (Å²) in [4.78, 5) is 0. The molecule has 0 fully saturated rings. The number of aromatic nitrogens is 2. The molecule has 0 saturated carbocycles. The highest BCUT2D eigenvalue weighted by Gasteiger charge is 2.12. The van der Waals surface area contributed by atoms with Gasteiger partial charge in [0.05, 0.1) is 11.8 Å². The molecule has 0 bridgehead atoms. The molecule has 2 heterocycles. The molecule has 6 heteroatoms. The molecule has 2 aromatic heterocycles. The SMILES string of the molecule is COCCCSc1nnc(-c2ccoc2C)o1. The molecule has 0 N–H and O–H groups in total. The minimum atomic E-state index is 0.505. The van der Waals surface area contributed by atoms with Crippen molar-refractivity contribution in [1.82, 2.24) is 10.2 Å². The van der Waals surface area contributed by atoms with Crippen LogP contribution in [-0.2, 0) is 4.74 Å². The number of ether oxygens (including phenoxy) is 1. The standard InChI is InChI=1S/C11H14N2O3S/c1-8-9(4-6-15-8)10-12-13-11(16-10)17-7-3-5-14-2/h4,6H,3,5,7H2,1-2H3. The van der Waals surface area contributed by atoms with Crippen molar-refractivity contribution >= 4 is 11.8 Å². The fraction of sp³-hybridized carbons (Fsp3) is 0.455. The predicted octanol–water partition coefficient (Wildman–Crippen LogP) is 2.77. The van der Waals surface area contributed by atoms with Crippen molar-refractivity contribution in [3.8, 4) is 11.5 Å². The number of nitrogens with zero attached hydrogens (tertiary/aromatic N) is 2. The summed E-state index contributed by atoms with van der Waals surface area (Å²) in [5, 5.41) is 8.54. The van der Waals surface area contributed by atoms with Gasteiger partial charge in [-0.25, -0.2) is 0 Å². The van der Waals surface area contributed by atoms with Gasteiger partial charge in [0.1, 0.15) is 5.76 Å². The lowest BCUT2D eigenvalue weighted by Crippen LogP contribution is -1.89. The summed E-state index contributed by atoms with van der Waals surface area (Å²) >= 11 is 1.53. The number of hydrogen-bond acceptors (Lipinski definition) is 6. The first-order chi connectivity index (χ1) is 8.31. The third-order valence-electron chi connectivity index (χ3n) is 2.21. The molecule has 0 atom stereocenters. The maximum atomic E-state index is 5.53. The lowest BCUT2D eigenvalue weighted by atomic mass is 10.3. The van der Waals surface area contributed by atoms with Crippen molar-refractivity contribution in [3.05, 3.63) is 18.1 Å². The number of hydrogen-bond donors (Lipinski definition) is 0. The number of thioether (sulfide) groups is 1. The van der Waals surface area contributed by atoms with Crippen LogP contribution in [0.4, 0.5) is 0 Å². The van der Waals surface area contributed by atoms with Crippen molar-refractivity contribution in [2.75, 3.05) is 19.5 Å². The summed E-state index contributed by atoms with van der Waals surface area (Å²) in [6.45, 7) is 2.61. The van der Waals surface area contributed by atoms with Crippen LogP contribution in [0.15, 0.2) is 26.4 Å². The molecule has 0 amide bonds. The largest absolute Gasteiger partial charge is 0.469 e. The quantitative estimate of drug-likeness (QED) is 0.583. The fourth-order valence-electron chi connectivity index (χ4n) is 1.35. The van der Waals surface area contributed by atoms with Crippen LogP contribution in [-0.4, -0.2) is 29.7 Å². The molecule has 0 aliphatic heterocycles. The van der Waals surface area contributed by atoms with E-state index in [4.69, 9.17) is 13.6 Å². The predicted molar refractivity (Wildman–Crippen MR) is 64.0 cm³/mol. The van der Waals surface area contributed by atoms with Gasteiger partial charge in [-0.05, 0) is 19.4 Å². The van der Waals surface area contributed by atoms with Crippen molar-refractivity contribution in [1.29, 1.82) is 0 Å². The lowest BCUT2D eigenvalue weighted by Gasteiger charge is -1.95. The molecule has 0 aliphatic carbocycles. The Bertz CT molecular complexity index is 467. The van der Waals surface area contributed by atoms with Crippen molar-refractivity contribution < 1.29 is 13.6 Å². The molecule has 5 nitrogen and oxygen atoms in total. The summed E-state index contributed by atoms with van der Waals surface area (Å²) in [6, 6.07) is 1.82. The first kappa shape index (κ1) is 12.2. The number of aryl methyl sites for hydroxylation is 1. The minimum Gasteiger partial charge on any atom is -0.469 e. The van der Waals surface area contributed by atoms with Crippen LogP contribution in [0.3, 0.4) is 0 Å². The molecule has 0 aromatic carbocycles. The molecule has 0 saturated heterocycles. The van der Waals surface area contributed by atoms with Crippen LogP contribution >= 0.6 is 11.8 Å². The van der Waals surface area contributed by atoms with Gasteiger partial charge in [0.25, 0.3) is 11.1 Å². The van der Waals surface area contributed by atoms with Gasteiger partial charge in [0.2, 0.25) is 0 Å². The van der Waals surface area contributed by atoms with Crippen LogP contribution < -0.4 is 0 Å². The summed E-state index contributed by atoms with van der Waals surface area (Å²) in [7, 11) is 1.69. The number of rotatable bonds is 6. The first-order valence-electron chi connectivity index (χ1n) is 5.31. The van der Waals surface area contributed by atoms with Gasteiger partial charge in [0.15, 0.2) is 0 Å². The maximum Gasteiger partial charge on any atom is 0.276 e. The van der Waals surface area contributed by atoms with Crippen molar-refractivity contribution in [3.63, 3.8) is 0 Å². The fourth-order valence-corrected chi connectivity index (χ4v) is 2.02. The second kappa shape index (κ2) is 5.88. The minimum absolute atomic E-state index is 0.505. The molecular weight excluding hydrogens is 240 g/mol. The van der Waals surface area contributed by atoms with Gasteiger partial charge in [-0.2, -0.15) is 0 Å². The summed E-state index contributed by atoms with van der Waals surface area (Å²) in [5.74, 6) is 2.19. The van der Waals surface area contributed by atoms with E-state index in [0.717, 1.165) is 30.1 Å². The van der Waals surface area contributed by atoms with Crippen LogP contribution in [0, 0.1) is 6.92 Å². The highest BCUT2D eigenvalue weighted by Crippen LogP contribution is 2.26. The first-order valence-corrected chi connectivity index (χ1v) is 6.29. The van der Waals surface area contributed by atoms with Crippen LogP contribution in [0.1, 0.15) is 12.2 Å². The smallest absolute Gasteiger partial charge is 0.276 e. The summed E-state index contributed by atoms with van der Waals surface area (Å²) in [6.07, 6.45) is 2.57. The Morgan fingerprint density at radius 3 is 3.00 bits per heavy atom. The molecule has 0 radical (unpaired) electrons. The molecule has 92 valence electrons. The van der Waals surface area contributed by atoms with E-state index in [2.05, 4.69) is 10.2 Å². The van der Waals surface area contributed by atoms with E-state index in [-0.39, 0.29) is 0 Å². The van der Waals surface area contributed by atoms with Gasteiger partial charge in [0, 0.05) is 19.5 Å². The average molecular weight is 254 g/mol. The Morgan fingerprint density at radius 2 is 2.29 bits per heavy atom. The molecule has 2 rings (SSSR count). The van der Waals surface area contributed by atoms with Crippen LogP contribution in [0.25, 0.3) is 11.5 Å². The monoisotopic (exact) mass is 254 g/mol. The molecule has 0 aliphatic rings. The number of methoxy groups -OCH3 is 1. The lowest BCUT2D eigenvalue weighted by molar-refractivity contribution is 0.200. The Balaban J connectivity index is 1.95. The van der Waals surface area contributed by atoms with Gasteiger partial charge >= 0.3 is 0 Å². The van der Waals surface area contributed by atoms with Crippen LogP contribution in [0.2, 0.25) is 0 Å². The zero-order chi connectivity index (χ0) is 12.1. The van der Waals surface area contributed by atoms with E-state index >= 15 is 0 Å². The maximum absolute atomic E-state index is 5.53. The second-order valence-corrected chi connectivity index (χ2v) is 4.50. The summed E-state index contributed by atoms with van der Waals surface area (Å²) < 4.78 is 15.7.